The number of carbonyl (C=O) groups excluding carboxylic acids is 1. The Kier molecular flexibility index (Phi) is 5.40. The summed E-state index contributed by atoms with van der Waals surface area (Å²) in [6.07, 6.45) is 4.51. The molecule has 0 aliphatic heterocycles. The number of hydrogen-bond donors (Lipinski definition) is 1. The van der Waals surface area contributed by atoms with Crippen LogP contribution >= 0.6 is 0 Å². The van der Waals surface area contributed by atoms with Crippen LogP contribution in [-0.2, 0) is 9.53 Å². The molecule has 3 heteroatoms. The van der Waals surface area contributed by atoms with Gasteiger partial charge in [0.15, 0.2) is 0 Å². The number of ether oxygens (including phenoxy) is 1. The summed E-state index contributed by atoms with van der Waals surface area (Å²) in [7, 11) is 0. The van der Waals surface area contributed by atoms with Crippen molar-refractivity contribution < 1.29 is 9.53 Å². The lowest BCUT2D eigenvalue weighted by Gasteiger charge is -2.10. The second-order valence-corrected chi connectivity index (χ2v) is 4.28. The van der Waals surface area contributed by atoms with E-state index in [2.05, 4.69) is 11.9 Å². The molecule has 0 atom stereocenters. The van der Waals surface area contributed by atoms with Gasteiger partial charge < -0.3 is 10.1 Å². The number of carbonyl (C=O) groups is 1. The molecule has 0 heterocycles. The highest BCUT2D eigenvalue weighted by atomic mass is 16.5. The van der Waals surface area contributed by atoms with Crippen molar-refractivity contribution in [3.63, 3.8) is 0 Å². The minimum absolute atomic E-state index is 0.200. The van der Waals surface area contributed by atoms with E-state index >= 15 is 0 Å². The van der Waals surface area contributed by atoms with Gasteiger partial charge in [0, 0.05) is 12.5 Å². The van der Waals surface area contributed by atoms with Crippen LogP contribution in [0.5, 0.6) is 0 Å². The van der Waals surface area contributed by atoms with Crippen LogP contribution in [-0.4, -0.2) is 25.7 Å². The Morgan fingerprint density at radius 1 is 1.47 bits per heavy atom. The average molecular weight is 211 g/mol. The molecule has 1 aliphatic carbocycles. The van der Waals surface area contributed by atoms with E-state index in [0.717, 1.165) is 18.4 Å². The second-order valence-electron chi connectivity index (χ2n) is 4.28. The average Bonchev–Trinajstić information content (AvgIpc) is 2.69. The highest BCUT2D eigenvalue weighted by Crippen LogP contribution is 2.24. The largest absolute Gasteiger partial charge is 0.375 e. The topological polar surface area (TPSA) is 38.3 Å². The molecule has 3 nitrogen and oxygen atoms in total. The Morgan fingerprint density at radius 3 is 2.73 bits per heavy atom. The summed E-state index contributed by atoms with van der Waals surface area (Å²) in [6.45, 7) is 7.44. The molecule has 0 saturated heterocycles. The minimum Gasteiger partial charge on any atom is -0.375 e. The van der Waals surface area contributed by atoms with Crippen molar-refractivity contribution in [3.05, 3.63) is 12.2 Å². The zero-order valence-corrected chi connectivity index (χ0v) is 9.55. The molecular weight excluding hydrogens is 190 g/mol. The first kappa shape index (κ1) is 12.2. The van der Waals surface area contributed by atoms with Gasteiger partial charge in [-0.1, -0.05) is 25.0 Å². The summed E-state index contributed by atoms with van der Waals surface area (Å²) in [5, 5.41) is 2.90. The van der Waals surface area contributed by atoms with E-state index in [4.69, 9.17) is 4.74 Å². The van der Waals surface area contributed by atoms with E-state index in [1.54, 1.807) is 0 Å². The SMILES string of the molecule is C=C(C)COCCNC(=O)C1CCCC1. The summed E-state index contributed by atoms with van der Waals surface area (Å²) >= 11 is 0. The third-order valence-corrected chi connectivity index (χ3v) is 2.62. The van der Waals surface area contributed by atoms with E-state index < -0.39 is 0 Å². The molecule has 1 amide bonds. The van der Waals surface area contributed by atoms with Gasteiger partial charge in [-0.15, -0.1) is 0 Å². The maximum atomic E-state index is 11.6. The molecular formula is C12H21NO2. The highest BCUT2D eigenvalue weighted by Gasteiger charge is 2.21. The van der Waals surface area contributed by atoms with Crippen LogP contribution in [0, 0.1) is 5.92 Å². The Morgan fingerprint density at radius 2 is 2.13 bits per heavy atom. The molecule has 0 radical (unpaired) electrons. The van der Waals surface area contributed by atoms with Crippen molar-refractivity contribution >= 4 is 5.91 Å². The molecule has 0 unspecified atom stereocenters. The molecule has 0 aromatic heterocycles. The van der Waals surface area contributed by atoms with Crippen LogP contribution in [0.25, 0.3) is 0 Å². The Balaban J connectivity index is 1.99. The van der Waals surface area contributed by atoms with Crippen LogP contribution in [0.2, 0.25) is 0 Å². The van der Waals surface area contributed by atoms with Gasteiger partial charge in [0.1, 0.15) is 0 Å². The number of rotatable bonds is 6. The maximum Gasteiger partial charge on any atom is 0.223 e. The fraction of sp³-hybridized carbons (Fsp3) is 0.750. The first-order valence-electron chi connectivity index (χ1n) is 5.70. The molecule has 1 aliphatic rings. The first-order chi connectivity index (χ1) is 7.20. The summed E-state index contributed by atoms with van der Waals surface area (Å²) in [6, 6.07) is 0. The third-order valence-electron chi connectivity index (χ3n) is 2.62. The summed E-state index contributed by atoms with van der Waals surface area (Å²) in [5.74, 6) is 0.456. The van der Waals surface area contributed by atoms with Crippen LogP contribution in [0.15, 0.2) is 12.2 Å². The first-order valence-corrected chi connectivity index (χ1v) is 5.70. The van der Waals surface area contributed by atoms with Crippen LogP contribution in [0.3, 0.4) is 0 Å². The Bertz CT molecular complexity index is 220. The van der Waals surface area contributed by atoms with Crippen molar-refractivity contribution in [2.75, 3.05) is 19.8 Å². The summed E-state index contributed by atoms with van der Waals surface area (Å²) < 4.78 is 5.29. The van der Waals surface area contributed by atoms with Crippen molar-refractivity contribution in [3.8, 4) is 0 Å². The second kappa shape index (κ2) is 6.62. The van der Waals surface area contributed by atoms with Crippen molar-refractivity contribution in [1.82, 2.24) is 5.32 Å². The van der Waals surface area contributed by atoms with Crippen LogP contribution in [0.1, 0.15) is 32.6 Å². The van der Waals surface area contributed by atoms with E-state index in [1.165, 1.54) is 12.8 Å². The van der Waals surface area contributed by atoms with E-state index in [9.17, 15) is 4.79 Å². The van der Waals surface area contributed by atoms with Crippen LogP contribution < -0.4 is 5.32 Å². The maximum absolute atomic E-state index is 11.6. The summed E-state index contributed by atoms with van der Waals surface area (Å²) in [5.41, 5.74) is 1.01. The van der Waals surface area contributed by atoms with Gasteiger partial charge in [-0.3, -0.25) is 4.79 Å². The number of hydrogen-bond acceptors (Lipinski definition) is 2. The molecule has 0 bridgehead atoms. The Labute approximate surface area is 91.9 Å². The van der Waals surface area contributed by atoms with E-state index in [1.807, 2.05) is 6.92 Å². The smallest absolute Gasteiger partial charge is 0.223 e. The quantitative estimate of drug-likeness (QED) is 0.538. The van der Waals surface area contributed by atoms with Gasteiger partial charge in [-0.2, -0.15) is 0 Å². The lowest BCUT2D eigenvalue weighted by Crippen LogP contribution is -2.32. The van der Waals surface area contributed by atoms with Crippen LogP contribution in [0.4, 0.5) is 0 Å². The fourth-order valence-corrected chi connectivity index (χ4v) is 1.83. The predicted molar refractivity (Wildman–Crippen MR) is 60.6 cm³/mol. The lowest BCUT2D eigenvalue weighted by atomic mass is 10.1. The van der Waals surface area contributed by atoms with Crippen molar-refractivity contribution in [1.29, 1.82) is 0 Å². The third kappa shape index (κ3) is 4.98. The van der Waals surface area contributed by atoms with E-state index in [-0.39, 0.29) is 11.8 Å². The van der Waals surface area contributed by atoms with Gasteiger partial charge in [-0.25, -0.2) is 0 Å². The number of nitrogens with one attached hydrogen (secondary N) is 1. The standard InChI is InChI=1S/C12H21NO2/c1-10(2)9-15-8-7-13-12(14)11-5-3-4-6-11/h11H,1,3-9H2,2H3,(H,13,14). The lowest BCUT2D eigenvalue weighted by molar-refractivity contribution is -0.125. The Hall–Kier alpha value is -0.830. The molecule has 0 aromatic rings. The fourth-order valence-electron chi connectivity index (χ4n) is 1.83. The van der Waals surface area contributed by atoms with Gasteiger partial charge >= 0.3 is 0 Å². The van der Waals surface area contributed by atoms with Gasteiger partial charge in [0.05, 0.1) is 13.2 Å². The minimum atomic E-state index is 0.200. The molecule has 1 rings (SSSR count). The highest BCUT2D eigenvalue weighted by molar-refractivity contribution is 5.78. The van der Waals surface area contributed by atoms with E-state index in [0.29, 0.717) is 19.8 Å². The zero-order chi connectivity index (χ0) is 11.1. The monoisotopic (exact) mass is 211 g/mol. The molecule has 0 spiro atoms. The summed E-state index contributed by atoms with van der Waals surface area (Å²) in [4.78, 5) is 11.6. The van der Waals surface area contributed by atoms with Gasteiger partial charge in [0.25, 0.3) is 0 Å². The predicted octanol–water partition coefficient (Wildman–Crippen LogP) is 1.89. The molecule has 1 saturated carbocycles. The van der Waals surface area contributed by atoms with Gasteiger partial charge in [0.2, 0.25) is 5.91 Å². The molecule has 0 aromatic carbocycles. The van der Waals surface area contributed by atoms with Crippen molar-refractivity contribution in [2.24, 2.45) is 5.92 Å². The molecule has 86 valence electrons. The number of amides is 1. The molecule has 15 heavy (non-hydrogen) atoms. The molecule has 1 fully saturated rings. The van der Waals surface area contributed by atoms with Crippen molar-refractivity contribution in [2.45, 2.75) is 32.6 Å². The molecule has 1 N–H and O–H groups in total. The normalized spacial score (nSPS) is 16.6. The zero-order valence-electron chi connectivity index (χ0n) is 9.55. The van der Waals surface area contributed by atoms with Gasteiger partial charge in [-0.05, 0) is 19.8 Å².